The quantitative estimate of drug-likeness (QED) is 0.406. The molecule has 206 valence electrons. The minimum absolute atomic E-state index is 0.00518. The van der Waals surface area contributed by atoms with Crippen molar-refractivity contribution in [3.8, 4) is 0 Å². The van der Waals surface area contributed by atoms with E-state index in [1.165, 1.54) is 6.92 Å². The first-order chi connectivity index (χ1) is 17.7. The molecule has 38 heavy (non-hydrogen) atoms. The lowest BCUT2D eigenvalue weighted by Crippen LogP contribution is -2.80. The molecular weight excluding hydrogens is 488 g/mol. The van der Waals surface area contributed by atoms with E-state index in [1.807, 2.05) is 20.8 Å². The minimum Gasteiger partial charge on any atom is -0.455 e. The van der Waals surface area contributed by atoms with E-state index in [2.05, 4.69) is 6.58 Å². The van der Waals surface area contributed by atoms with Crippen molar-refractivity contribution < 1.29 is 39.1 Å². The summed E-state index contributed by atoms with van der Waals surface area (Å²) in [5, 5.41) is 36.1. The highest BCUT2D eigenvalue weighted by atomic mass is 16.6. The number of benzene rings is 1. The van der Waals surface area contributed by atoms with E-state index in [9.17, 15) is 24.9 Å². The van der Waals surface area contributed by atoms with Gasteiger partial charge in [0.15, 0.2) is 5.60 Å². The Hall–Kier alpha value is -2.52. The number of ether oxygens (including phenoxy) is 3. The predicted octanol–water partition coefficient (Wildman–Crippen LogP) is 3.10. The van der Waals surface area contributed by atoms with Crippen LogP contribution in [0.1, 0.15) is 64.2 Å². The van der Waals surface area contributed by atoms with Gasteiger partial charge in [-0.3, -0.25) is 4.79 Å². The third-order valence-electron chi connectivity index (χ3n) is 10.1. The molecule has 0 radical (unpaired) electrons. The number of rotatable bonds is 3. The summed E-state index contributed by atoms with van der Waals surface area (Å²) in [6.45, 7) is 12.9. The molecule has 1 saturated heterocycles. The fraction of sp³-hybridized carbons (Fsp3) is 0.600. The Kier molecular flexibility index (Phi) is 6.23. The number of fused-ring (bicyclic) bond motifs is 5. The maximum Gasteiger partial charge on any atom is 0.338 e. The van der Waals surface area contributed by atoms with Crippen LogP contribution >= 0.6 is 0 Å². The van der Waals surface area contributed by atoms with E-state index in [0.29, 0.717) is 23.1 Å². The molecule has 1 aromatic carbocycles. The molecule has 3 fully saturated rings. The lowest BCUT2D eigenvalue weighted by molar-refractivity contribution is -0.345. The zero-order chi connectivity index (χ0) is 27.8. The first-order valence-corrected chi connectivity index (χ1v) is 13.3. The van der Waals surface area contributed by atoms with Gasteiger partial charge in [0.05, 0.1) is 30.3 Å². The van der Waals surface area contributed by atoms with Crippen LogP contribution in [0.5, 0.6) is 0 Å². The molecule has 0 aromatic heterocycles. The van der Waals surface area contributed by atoms with Crippen molar-refractivity contribution in [1.29, 1.82) is 0 Å². The highest BCUT2D eigenvalue weighted by molar-refractivity contribution is 5.89. The predicted molar refractivity (Wildman–Crippen MR) is 138 cm³/mol. The van der Waals surface area contributed by atoms with E-state index in [4.69, 9.17) is 14.2 Å². The molecule has 8 nitrogen and oxygen atoms in total. The number of aliphatic hydroxyl groups excluding tert-OH is 2. The summed E-state index contributed by atoms with van der Waals surface area (Å²) < 4.78 is 18.1. The van der Waals surface area contributed by atoms with Crippen molar-refractivity contribution in [1.82, 2.24) is 0 Å². The highest BCUT2D eigenvalue weighted by Crippen LogP contribution is 2.65. The first-order valence-electron chi connectivity index (χ1n) is 13.3. The van der Waals surface area contributed by atoms with Crippen LogP contribution in [0, 0.1) is 16.7 Å². The third kappa shape index (κ3) is 3.43. The second-order valence-corrected chi connectivity index (χ2v) is 12.2. The van der Waals surface area contributed by atoms with Crippen molar-refractivity contribution in [3.63, 3.8) is 0 Å². The third-order valence-corrected chi connectivity index (χ3v) is 10.1. The molecule has 1 aromatic rings. The topological polar surface area (TPSA) is 123 Å². The van der Waals surface area contributed by atoms with Crippen molar-refractivity contribution in [2.45, 2.75) is 89.5 Å². The van der Waals surface area contributed by atoms with Crippen LogP contribution in [0.2, 0.25) is 0 Å². The lowest BCUT2D eigenvalue weighted by atomic mass is 9.44. The molecule has 1 unspecified atom stereocenters. The summed E-state index contributed by atoms with van der Waals surface area (Å²) in [6, 6.07) is 8.50. The molecule has 1 heterocycles. The van der Waals surface area contributed by atoms with Crippen LogP contribution in [-0.4, -0.2) is 69.5 Å². The number of allylic oxidation sites excluding steroid dienone is 1. The molecule has 0 spiro atoms. The summed E-state index contributed by atoms with van der Waals surface area (Å²) in [4.78, 5) is 26.1. The lowest BCUT2D eigenvalue weighted by Gasteiger charge is -2.68. The van der Waals surface area contributed by atoms with Crippen LogP contribution < -0.4 is 0 Å². The summed E-state index contributed by atoms with van der Waals surface area (Å²) in [5.41, 5.74) is -3.16. The summed E-state index contributed by atoms with van der Waals surface area (Å²) in [7, 11) is 0. The van der Waals surface area contributed by atoms with Crippen molar-refractivity contribution in [3.05, 3.63) is 59.2 Å². The van der Waals surface area contributed by atoms with Crippen LogP contribution in [0.25, 0.3) is 0 Å². The van der Waals surface area contributed by atoms with Gasteiger partial charge in [0.2, 0.25) is 0 Å². The molecule has 2 bridgehead atoms. The monoisotopic (exact) mass is 526 g/mol. The molecule has 4 aliphatic rings. The van der Waals surface area contributed by atoms with E-state index >= 15 is 0 Å². The van der Waals surface area contributed by atoms with E-state index in [0.717, 1.165) is 5.57 Å². The van der Waals surface area contributed by atoms with Gasteiger partial charge < -0.3 is 29.5 Å². The second kappa shape index (κ2) is 8.74. The van der Waals surface area contributed by atoms with Crippen LogP contribution in [0.15, 0.2) is 53.6 Å². The number of hydrogen-bond acceptors (Lipinski definition) is 8. The van der Waals surface area contributed by atoms with E-state index in [-0.39, 0.29) is 19.4 Å². The average Bonchev–Trinajstić information content (AvgIpc) is 2.85. The van der Waals surface area contributed by atoms with E-state index < -0.39 is 64.3 Å². The smallest absolute Gasteiger partial charge is 0.338 e. The Balaban J connectivity index is 1.79. The normalized spacial score (nSPS) is 41.6. The van der Waals surface area contributed by atoms with Crippen LogP contribution in [0.3, 0.4) is 0 Å². The summed E-state index contributed by atoms with van der Waals surface area (Å²) in [5.74, 6) is -2.15. The average molecular weight is 527 g/mol. The van der Waals surface area contributed by atoms with Crippen molar-refractivity contribution in [2.24, 2.45) is 16.7 Å². The van der Waals surface area contributed by atoms with Gasteiger partial charge in [-0.15, -0.1) is 0 Å². The number of hydrogen-bond donors (Lipinski definition) is 3. The van der Waals surface area contributed by atoms with Gasteiger partial charge in [-0.25, -0.2) is 4.79 Å². The zero-order valence-electron chi connectivity index (χ0n) is 22.7. The first kappa shape index (κ1) is 27.1. The van der Waals surface area contributed by atoms with Crippen LogP contribution in [-0.2, 0) is 19.0 Å². The Morgan fingerprint density at radius 3 is 2.37 bits per heavy atom. The molecule has 8 heteroatoms. The number of aliphatic hydroxyl groups is 3. The molecule has 3 aliphatic carbocycles. The molecule has 8 atom stereocenters. The maximum atomic E-state index is 13.6. The zero-order valence-corrected chi connectivity index (χ0v) is 22.7. The van der Waals surface area contributed by atoms with Gasteiger partial charge in [-0.05, 0) is 43.0 Å². The van der Waals surface area contributed by atoms with Crippen molar-refractivity contribution >= 4 is 11.9 Å². The Morgan fingerprint density at radius 1 is 1.13 bits per heavy atom. The number of esters is 2. The largest absolute Gasteiger partial charge is 0.455 e. The van der Waals surface area contributed by atoms with E-state index in [1.54, 1.807) is 37.3 Å². The second-order valence-electron chi connectivity index (χ2n) is 12.2. The molecule has 5 rings (SSSR count). The van der Waals surface area contributed by atoms with Crippen LogP contribution in [0.4, 0.5) is 0 Å². The van der Waals surface area contributed by atoms with Gasteiger partial charge in [0.25, 0.3) is 0 Å². The fourth-order valence-corrected chi connectivity index (χ4v) is 7.83. The van der Waals surface area contributed by atoms with Gasteiger partial charge in [0.1, 0.15) is 17.8 Å². The van der Waals surface area contributed by atoms with Gasteiger partial charge in [0, 0.05) is 24.2 Å². The van der Waals surface area contributed by atoms with Gasteiger partial charge in [-0.2, -0.15) is 0 Å². The molecule has 1 aliphatic heterocycles. The maximum absolute atomic E-state index is 13.6. The van der Waals surface area contributed by atoms with Gasteiger partial charge in [-0.1, -0.05) is 51.1 Å². The van der Waals surface area contributed by atoms with Crippen molar-refractivity contribution in [2.75, 3.05) is 6.61 Å². The molecule has 3 N–H and O–H groups in total. The number of carbonyl (C=O) groups is 2. The molecule has 0 amide bonds. The van der Waals surface area contributed by atoms with Gasteiger partial charge >= 0.3 is 11.9 Å². The molecular formula is C30H38O8. The fourth-order valence-electron chi connectivity index (χ4n) is 7.83. The summed E-state index contributed by atoms with van der Waals surface area (Å²) >= 11 is 0. The SMILES string of the molecule is C=C1[C@H](O)C2=C(C)CC[C@@](O)([C@@H](OC(=O)c3ccccc3)C3[C@@]1(C)[C@@H](O)C[C@H]1OC[C@@]31OC(C)=O)C2(C)C. The minimum atomic E-state index is -1.68. The highest BCUT2D eigenvalue weighted by Gasteiger charge is 2.76. The molecule has 2 saturated carbocycles. The Bertz CT molecular complexity index is 1200. The Morgan fingerprint density at radius 2 is 1.79 bits per heavy atom. The summed E-state index contributed by atoms with van der Waals surface area (Å²) in [6.07, 6.45) is -3.32. The Labute approximate surface area is 223 Å². The standard InChI is InChI=1S/C30H38O8/c1-16-12-13-30(35)25(37-26(34)19-10-8-7-9-11-19)24-28(6,17(2)23(33)22(16)27(30,4)5)20(32)14-21-29(24,15-36-21)38-18(3)31/h7-11,20-21,23-25,32-33,35H,2,12-15H2,1,3-6H3/t20-,21+,23-,24?,25-,28+,29-,30+/m0/s1. The number of carbonyl (C=O) groups excluding carboxylic acids is 2.